The summed E-state index contributed by atoms with van der Waals surface area (Å²) < 4.78 is 0. The Morgan fingerprint density at radius 1 is 0.625 bits per heavy atom. The number of carbonyl (C=O) groups is 3. The molecule has 12 nitrogen and oxygen atoms in total. The molecule has 0 rings (SSSR count). The zero-order valence-electron chi connectivity index (χ0n) is 14.2. The molecule has 0 aliphatic heterocycles. The van der Waals surface area contributed by atoms with Crippen molar-refractivity contribution in [1.82, 2.24) is 0 Å². The molecular weight excluding hydrogens is 330 g/mol. The number of aliphatic hydroxyl groups is 3. The fraction of sp³-hybridized carbons (Fsp3) is 0.750. The van der Waals surface area contributed by atoms with Crippen molar-refractivity contribution >= 4 is 19.4 Å². The van der Waals surface area contributed by atoms with Gasteiger partial charge in [-0.2, -0.15) is 0 Å². The molecule has 12 heteroatoms. The van der Waals surface area contributed by atoms with E-state index in [2.05, 4.69) is 0 Å². The maximum Gasteiger partial charge on any atom is 0.290 e. The molecule has 0 aliphatic rings. The molecule has 0 fully saturated rings. The van der Waals surface area contributed by atoms with Gasteiger partial charge >= 0.3 is 0 Å². The van der Waals surface area contributed by atoms with Crippen LogP contribution < -0.4 is 17.2 Å². The van der Waals surface area contributed by atoms with Crippen molar-refractivity contribution in [2.75, 3.05) is 19.6 Å². The summed E-state index contributed by atoms with van der Waals surface area (Å²) in [6, 6.07) is 0. The molecule has 0 spiro atoms. The van der Waals surface area contributed by atoms with Crippen LogP contribution >= 0.6 is 0 Å². The molecule has 0 saturated carbocycles. The van der Waals surface area contributed by atoms with E-state index in [-0.39, 0.29) is 37.7 Å². The highest BCUT2D eigenvalue weighted by Crippen LogP contribution is 1.66. The lowest BCUT2D eigenvalue weighted by Crippen LogP contribution is -2.14. The van der Waals surface area contributed by atoms with Crippen LogP contribution in [0.15, 0.2) is 0 Å². The van der Waals surface area contributed by atoms with Crippen molar-refractivity contribution in [3.05, 3.63) is 0 Å². The van der Waals surface area contributed by atoms with E-state index >= 15 is 0 Å². The molecule has 0 aliphatic carbocycles. The second kappa shape index (κ2) is 49.7. The Hall–Kier alpha value is -1.83. The second-order valence-corrected chi connectivity index (χ2v) is 3.57. The van der Waals surface area contributed by atoms with E-state index in [1.807, 2.05) is 0 Å². The monoisotopic (exact) mass is 363 g/mol. The van der Waals surface area contributed by atoms with E-state index < -0.39 is 0 Å². The summed E-state index contributed by atoms with van der Waals surface area (Å²) >= 11 is 0. The molecule has 0 aromatic heterocycles. The number of nitrogens with two attached hydrogens (primary N) is 3. The Morgan fingerprint density at radius 2 is 0.667 bits per heavy atom. The molecule has 0 aromatic carbocycles. The lowest BCUT2D eigenvalue weighted by molar-refractivity contribution is -0.123. The summed E-state index contributed by atoms with van der Waals surface area (Å²) in [5, 5.41) is 45.4. The fourth-order valence-electron chi connectivity index (χ4n) is 0. The van der Waals surface area contributed by atoms with Gasteiger partial charge in [-0.1, -0.05) is 0 Å². The standard InChI is InChI=1S/3C3H9NO.3CH2O2/c3*1-3(5)2-4;3*2-1-3/h3*3,5H,2,4H2,1H3;3*1H,(H,2,3). The van der Waals surface area contributed by atoms with Crippen LogP contribution in [-0.4, -0.2) is 88.0 Å². The molecule has 0 amide bonds. The van der Waals surface area contributed by atoms with Gasteiger partial charge in [0.1, 0.15) is 0 Å². The lowest BCUT2D eigenvalue weighted by Gasteiger charge is -1.91. The maximum absolute atomic E-state index is 8.36. The van der Waals surface area contributed by atoms with E-state index in [0.29, 0.717) is 19.6 Å². The molecular formula is C12H33N3O9. The summed E-state index contributed by atoms with van der Waals surface area (Å²) in [5.41, 5.74) is 14.8. The van der Waals surface area contributed by atoms with Gasteiger partial charge in [0, 0.05) is 19.6 Å². The first-order chi connectivity index (χ1) is 11.1. The molecule has 0 aromatic rings. The highest BCUT2D eigenvalue weighted by molar-refractivity contribution is 5.33. The van der Waals surface area contributed by atoms with Crippen molar-refractivity contribution in [1.29, 1.82) is 0 Å². The molecule has 0 radical (unpaired) electrons. The van der Waals surface area contributed by atoms with Crippen LogP contribution in [0.2, 0.25) is 0 Å². The molecule has 24 heavy (non-hydrogen) atoms. The first-order valence-electron chi connectivity index (χ1n) is 6.44. The van der Waals surface area contributed by atoms with Gasteiger partial charge in [0.05, 0.1) is 18.3 Å². The number of rotatable bonds is 3. The van der Waals surface area contributed by atoms with Crippen LogP contribution in [0.4, 0.5) is 0 Å². The summed E-state index contributed by atoms with van der Waals surface area (Å²) in [4.78, 5) is 25.1. The van der Waals surface area contributed by atoms with Gasteiger partial charge < -0.3 is 47.8 Å². The average molecular weight is 363 g/mol. The Labute approximate surface area is 141 Å². The van der Waals surface area contributed by atoms with Crippen LogP contribution in [0, 0.1) is 0 Å². The predicted molar refractivity (Wildman–Crippen MR) is 88.3 cm³/mol. The Morgan fingerprint density at radius 3 is 0.667 bits per heavy atom. The minimum Gasteiger partial charge on any atom is -0.483 e. The fourth-order valence-corrected chi connectivity index (χ4v) is 0. The number of carboxylic acid groups (broad SMARTS) is 3. The van der Waals surface area contributed by atoms with E-state index in [1.54, 1.807) is 20.8 Å². The Bertz CT molecular complexity index is 173. The second-order valence-electron chi connectivity index (χ2n) is 3.57. The average Bonchev–Trinajstić information content (AvgIpc) is 2.50. The van der Waals surface area contributed by atoms with Crippen molar-refractivity contribution in [3.63, 3.8) is 0 Å². The van der Waals surface area contributed by atoms with Gasteiger partial charge in [-0.15, -0.1) is 0 Å². The number of aliphatic hydroxyl groups excluding tert-OH is 3. The summed E-state index contributed by atoms with van der Waals surface area (Å²) in [5.74, 6) is 0. The van der Waals surface area contributed by atoms with Gasteiger partial charge in [0.2, 0.25) is 0 Å². The third-order valence-electron chi connectivity index (χ3n) is 1.02. The highest BCUT2D eigenvalue weighted by atomic mass is 16.4. The Balaban J connectivity index is -0.0000000413. The van der Waals surface area contributed by atoms with Gasteiger partial charge in [-0.25, -0.2) is 0 Å². The molecule has 0 heterocycles. The maximum atomic E-state index is 8.36. The van der Waals surface area contributed by atoms with Crippen molar-refractivity contribution in [2.45, 2.75) is 39.1 Å². The largest absolute Gasteiger partial charge is 0.483 e. The van der Waals surface area contributed by atoms with E-state index in [9.17, 15) is 0 Å². The van der Waals surface area contributed by atoms with E-state index in [0.717, 1.165) is 0 Å². The third kappa shape index (κ3) is 426. The normalized spacial score (nSPS) is 10.9. The van der Waals surface area contributed by atoms with E-state index in [4.69, 9.17) is 62.2 Å². The molecule has 12 N–H and O–H groups in total. The van der Waals surface area contributed by atoms with Crippen LogP contribution in [0.1, 0.15) is 20.8 Å². The molecule has 150 valence electrons. The lowest BCUT2D eigenvalue weighted by atomic mass is 10.4. The Kier molecular flexibility index (Phi) is 78.6. The predicted octanol–water partition coefficient (Wildman–Crippen LogP) is -2.92. The SMILES string of the molecule is CC(O)CN.CC(O)CN.CC(O)CN.O=CO.O=CO.O=CO. The first-order valence-corrected chi connectivity index (χ1v) is 6.44. The van der Waals surface area contributed by atoms with Crippen LogP contribution in [0.3, 0.4) is 0 Å². The minimum absolute atomic E-state index is 0.250. The van der Waals surface area contributed by atoms with Gasteiger partial charge in [0.25, 0.3) is 19.4 Å². The van der Waals surface area contributed by atoms with Gasteiger partial charge in [-0.05, 0) is 20.8 Å². The number of hydrogen-bond acceptors (Lipinski definition) is 9. The van der Waals surface area contributed by atoms with Crippen LogP contribution in [-0.2, 0) is 14.4 Å². The van der Waals surface area contributed by atoms with Crippen molar-refractivity contribution in [2.24, 2.45) is 17.2 Å². The molecule has 0 bridgehead atoms. The number of hydrogen-bond donors (Lipinski definition) is 9. The highest BCUT2D eigenvalue weighted by Gasteiger charge is 1.82. The topological polar surface area (TPSA) is 251 Å². The van der Waals surface area contributed by atoms with Crippen molar-refractivity contribution < 1.29 is 45.0 Å². The van der Waals surface area contributed by atoms with Crippen LogP contribution in [0.5, 0.6) is 0 Å². The van der Waals surface area contributed by atoms with Gasteiger partial charge in [-0.3, -0.25) is 14.4 Å². The summed E-state index contributed by atoms with van der Waals surface area (Å²) in [7, 11) is 0. The van der Waals surface area contributed by atoms with Crippen LogP contribution in [0.25, 0.3) is 0 Å². The molecule has 3 atom stereocenters. The molecule has 0 saturated heterocycles. The zero-order valence-corrected chi connectivity index (χ0v) is 14.2. The third-order valence-corrected chi connectivity index (χ3v) is 1.02. The zero-order chi connectivity index (χ0) is 21.0. The van der Waals surface area contributed by atoms with E-state index in [1.165, 1.54) is 0 Å². The summed E-state index contributed by atoms with van der Waals surface area (Å²) in [6.45, 7) is 5.29. The quantitative estimate of drug-likeness (QED) is 0.229. The van der Waals surface area contributed by atoms with Crippen molar-refractivity contribution in [3.8, 4) is 0 Å². The molecule has 3 unspecified atom stereocenters. The first kappa shape index (κ1) is 38.0. The summed E-state index contributed by atoms with van der Waals surface area (Å²) in [6.07, 6.45) is -1.01. The van der Waals surface area contributed by atoms with Gasteiger partial charge in [0.15, 0.2) is 0 Å². The minimum atomic E-state index is -0.338. The smallest absolute Gasteiger partial charge is 0.290 e.